The van der Waals surface area contributed by atoms with E-state index in [1.54, 1.807) is 25.1 Å². The summed E-state index contributed by atoms with van der Waals surface area (Å²) < 4.78 is 0. The molecule has 2 aromatic rings. The fraction of sp³-hybridized carbons (Fsp3) is 0.222. The lowest BCUT2D eigenvalue weighted by molar-refractivity contribution is -0.122. The minimum Gasteiger partial charge on any atom is -0.347 e. The Bertz CT molecular complexity index is 1270. The van der Waals surface area contributed by atoms with Gasteiger partial charge in [0.05, 0.1) is 5.69 Å². The summed E-state index contributed by atoms with van der Waals surface area (Å²) in [6, 6.07) is 17.3. The minimum atomic E-state index is -0.589. The van der Waals surface area contributed by atoms with Gasteiger partial charge in [0.2, 0.25) is 0 Å². The largest absolute Gasteiger partial charge is 0.347 e. The molecule has 4 rings (SSSR count). The summed E-state index contributed by atoms with van der Waals surface area (Å²) in [5, 5.41) is 9.65. The Morgan fingerprint density at radius 1 is 0.938 bits per heavy atom. The van der Waals surface area contributed by atoms with Crippen molar-refractivity contribution in [3.63, 3.8) is 0 Å². The number of para-hydroxylation sites is 1. The Hall–Kier alpha value is -3.91. The van der Waals surface area contributed by atoms with Gasteiger partial charge in [-0.2, -0.15) is 5.26 Å². The second kappa shape index (κ2) is 7.65. The molecule has 0 radical (unpaired) electrons. The third-order valence-corrected chi connectivity index (χ3v) is 6.38. The predicted octanol–water partition coefficient (Wildman–Crippen LogP) is 4.95. The van der Waals surface area contributed by atoms with E-state index in [1.807, 2.05) is 50.4 Å². The van der Waals surface area contributed by atoms with Crippen LogP contribution in [0.3, 0.4) is 0 Å². The lowest BCUT2D eigenvalue weighted by Gasteiger charge is -2.28. The van der Waals surface area contributed by atoms with Gasteiger partial charge in [0, 0.05) is 29.4 Å². The summed E-state index contributed by atoms with van der Waals surface area (Å²) in [5.74, 6) is -1.02. The van der Waals surface area contributed by atoms with Crippen molar-refractivity contribution in [2.75, 3.05) is 16.8 Å². The highest BCUT2D eigenvalue weighted by atomic mass is 16.2. The van der Waals surface area contributed by atoms with Gasteiger partial charge < -0.3 is 4.90 Å². The van der Waals surface area contributed by atoms with Crippen LogP contribution in [0.1, 0.15) is 31.9 Å². The molecule has 160 valence electrons. The first-order valence-electron chi connectivity index (χ1n) is 10.5. The molecule has 0 saturated carbocycles. The molecule has 2 aromatic carbocycles. The molecule has 32 heavy (non-hydrogen) atoms. The Labute approximate surface area is 188 Å². The normalized spacial score (nSPS) is 20.2. The maximum atomic E-state index is 13.4. The molecule has 0 unspecified atom stereocenters. The summed E-state index contributed by atoms with van der Waals surface area (Å²) in [4.78, 5) is 29.6. The molecule has 5 nitrogen and oxygen atoms in total. The van der Waals surface area contributed by atoms with E-state index in [1.165, 1.54) is 5.56 Å². The number of imide groups is 1. The SMILES string of the molecule is CC1=C(C#N)C(=O)N(c2ccc(C)cc2)C(=O)C1=CC=C1N(C)c2ccccc2C1(C)C. The average Bonchev–Trinajstić information content (AvgIpc) is 2.96. The summed E-state index contributed by atoms with van der Waals surface area (Å²) in [5.41, 5.74) is 5.32. The van der Waals surface area contributed by atoms with E-state index < -0.39 is 11.8 Å². The molecular formula is C27H25N3O2. The first-order valence-corrected chi connectivity index (χ1v) is 10.5. The molecule has 0 bridgehead atoms. The summed E-state index contributed by atoms with van der Waals surface area (Å²) in [6.45, 7) is 7.88. The first kappa shape index (κ1) is 21.3. The summed E-state index contributed by atoms with van der Waals surface area (Å²) in [6.07, 6.45) is 3.66. The van der Waals surface area contributed by atoms with Crippen LogP contribution in [0.15, 0.2) is 83.1 Å². The van der Waals surface area contributed by atoms with Gasteiger partial charge in [-0.25, -0.2) is 4.90 Å². The number of anilines is 2. The van der Waals surface area contributed by atoms with Crippen molar-refractivity contribution in [1.29, 1.82) is 5.26 Å². The zero-order valence-electron chi connectivity index (χ0n) is 18.9. The van der Waals surface area contributed by atoms with Crippen molar-refractivity contribution in [1.82, 2.24) is 0 Å². The zero-order chi connectivity index (χ0) is 23.2. The molecule has 0 atom stereocenters. The number of allylic oxidation sites excluding steroid dienone is 3. The molecule has 5 heteroatoms. The van der Waals surface area contributed by atoms with Crippen LogP contribution in [0.25, 0.3) is 0 Å². The maximum Gasteiger partial charge on any atom is 0.276 e. The fourth-order valence-electron chi connectivity index (χ4n) is 4.50. The Morgan fingerprint density at radius 3 is 2.22 bits per heavy atom. The van der Waals surface area contributed by atoms with E-state index in [2.05, 4.69) is 30.9 Å². The van der Waals surface area contributed by atoms with Gasteiger partial charge in [-0.3, -0.25) is 9.59 Å². The predicted molar refractivity (Wildman–Crippen MR) is 126 cm³/mol. The van der Waals surface area contributed by atoms with Crippen molar-refractivity contribution in [2.45, 2.75) is 33.1 Å². The van der Waals surface area contributed by atoms with Gasteiger partial charge in [-0.05, 0) is 55.3 Å². The van der Waals surface area contributed by atoms with Crippen LogP contribution in [0.5, 0.6) is 0 Å². The molecule has 0 aromatic heterocycles. The van der Waals surface area contributed by atoms with Crippen LogP contribution in [0, 0.1) is 18.3 Å². The molecule has 2 aliphatic rings. The molecule has 2 aliphatic heterocycles. The third-order valence-electron chi connectivity index (χ3n) is 6.38. The van der Waals surface area contributed by atoms with E-state index in [9.17, 15) is 14.9 Å². The van der Waals surface area contributed by atoms with E-state index >= 15 is 0 Å². The summed E-state index contributed by atoms with van der Waals surface area (Å²) >= 11 is 0. The van der Waals surface area contributed by atoms with E-state index in [-0.39, 0.29) is 11.0 Å². The number of hydrogen-bond acceptors (Lipinski definition) is 4. The molecule has 0 spiro atoms. The van der Waals surface area contributed by atoms with Crippen LogP contribution in [0.2, 0.25) is 0 Å². The van der Waals surface area contributed by atoms with Crippen LogP contribution >= 0.6 is 0 Å². The highest BCUT2D eigenvalue weighted by Gasteiger charge is 2.39. The highest BCUT2D eigenvalue weighted by Crippen LogP contribution is 2.46. The molecule has 0 N–H and O–H groups in total. The first-order chi connectivity index (χ1) is 15.2. The van der Waals surface area contributed by atoms with E-state index in [0.717, 1.165) is 21.8 Å². The lowest BCUT2D eigenvalue weighted by atomic mass is 9.83. The van der Waals surface area contributed by atoms with Gasteiger partial charge in [-0.1, -0.05) is 49.7 Å². The van der Waals surface area contributed by atoms with E-state index in [4.69, 9.17) is 0 Å². The van der Waals surface area contributed by atoms with Gasteiger partial charge in [-0.15, -0.1) is 0 Å². The average molecular weight is 424 g/mol. The molecule has 2 heterocycles. The number of fused-ring (bicyclic) bond motifs is 1. The number of carbonyl (C=O) groups excluding carboxylic acids is 2. The van der Waals surface area contributed by atoms with Crippen LogP contribution in [-0.4, -0.2) is 18.9 Å². The number of hydrogen-bond donors (Lipinski definition) is 0. The Morgan fingerprint density at radius 2 is 1.59 bits per heavy atom. The highest BCUT2D eigenvalue weighted by molar-refractivity contribution is 6.31. The fourth-order valence-corrected chi connectivity index (χ4v) is 4.50. The number of nitrogens with zero attached hydrogens (tertiary/aromatic N) is 3. The zero-order valence-corrected chi connectivity index (χ0v) is 18.9. The molecule has 0 saturated heterocycles. The minimum absolute atomic E-state index is 0.0165. The van der Waals surface area contributed by atoms with E-state index in [0.29, 0.717) is 16.8 Å². The number of likely N-dealkylation sites (N-methyl/N-ethyl adjacent to an activating group) is 1. The number of aryl methyl sites for hydroxylation is 1. The van der Waals surface area contributed by atoms with Crippen LogP contribution < -0.4 is 9.80 Å². The molecule has 2 amide bonds. The maximum absolute atomic E-state index is 13.4. The molecule has 0 fully saturated rings. The molecule has 0 aliphatic carbocycles. The molecular weight excluding hydrogens is 398 g/mol. The smallest absolute Gasteiger partial charge is 0.276 e. The quantitative estimate of drug-likeness (QED) is 0.507. The Kier molecular flexibility index (Phi) is 5.10. The lowest BCUT2D eigenvalue weighted by Crippen LogP contribution is -2.42. The van der Waals surface area contributed by atoms with Gasteiger partial charge >= 0.3 is 0 Å². The second-order valence-corrected chi connectivity index (χ2v) is 8.73. The standard InChI is InChI=1S/C27H25N3O2/c1-17-10-12-19(13-11-17)30-25(31)20(18(2)21(16-28)26(30)32)14-15-24-27(3,4)22-8-6-7-9-23(22)29(24)5/h6-15H,1-5H3. The van der Waals surface area contributed by atoms with Crippen molar-refractivity contribution in [3.8, 4) is 6.07 Å². The van der Waals surface area contributed by atoms with Crippen LogP contribution in [0.4, 0.5) is 11.4 Å². The summed E-state index contributed by atoms with van der Waals surface area (Å²) in [7, 11) is 2.01. The van der Waals surface area contributed by atoms with Crippen LogP contribution in [-0.2, 0) is 15.0 Å². The van der Waals surface area contributed by atoms with Gasteiger partial charge in [0.15, 0.2) is 0 Å². The monoisotopic (exact) mass is 423 g/mol. The number of benzene rings is 2. The Balaban J connectivity index is 1.83. The second-order valence-electron chi connectivity index (χ2n) is 8.73. The third kappa shape index (κ3) is 3.16. The van der Waals surface area contributed by atoms with Crippen molar-refractivity contribution < 1.29 is 9.59 Å². The topological polar surface area (TPSA) is 64.4 Å². The van der Waals surface area contributed by atoms with Crippen molar-refractivity contribution in [2.24, 2.45) is 0 Å². The van der Waals surface area contributed by atoms with Crippen molar-refractivity contribution >= 4 is 23.2 Å². The number of rotatable bonds is 2. The van der Waals surface area contributed by atoms with Gasteiger partial charge in [0.1, 0.15) is 11.6 Å². The number of nitriles is 1. The van der Waals surface area contributed by atoms with Gasteiger partial charge in [0.25, 0.3) is 11.8 Å². The number of carbonyl (C=O) groups is 2. The van der Waals surface area contributed by atoms with Crippen molar-refractivity contribution in [3.05, 3.63) is 94.2 Å². The number of amides is 2.